The summed E-state index contributed by atoms with van der Waals surface area (Å²) >= 11 is 0. The molecule has 0 amide bonds. The van der Waals surface area contributed by atoms with Crippen molar-refractivity contribution in [2.24, 2.45) is 0 Å². The van der Waals surface area contributed by atoms with E-state index in [1.807, 2.05) is 48.5 Å². The van der Waals surface area contributed by atoms with Gasteiger partial charge < -0.3 is 9.13 Å². The van der Waals surface area contributed by atoms with Gasteiger partial charge in [-0.15, -0.1) is 0 Å². The number of nitriles is 3. The highest BCUT2D eigenvalue weighted by atomic mass is 15.0. The lowest BCUT2D eigenvalue weighted by atomic mass is 9.31. The third-order valence-corrected chi connectivity index (χ3v) is 13.0. The molecule has 13 rings (SSSR count). The predicted molar refractivity (Wildman–Crippen MR) is 240 cm³/mol. The average molecular weight is 744 g/mol. The van der Waals surface area contributed by atoms with Crippen LogP contribution >= 0.6 is 0 Å². The van der Waals surface area contributed by atoms with E-state index in [2.05, 4.69) is 137 Å². The van der Waals surface area contributed by atoms with Gasteiger partial charge in [-0.3, -0.25) is 0 Å². The lowest BCUT2D eigenvalue weighted by Gasteiger charge is -2.34. The van der Waals surface area contributed by atoms with E-state index in [-0.39, 0.29) is 6.71 Å². The number of fused-ring (bicyclic) bond motifs is 12. The fourth-order valence-corrected chi connectivity index (χ4v) is 10.7. The summed E-state index contributed by atoms with van der Waals surface area (Å²) in [6.07, 6.45) is 0. The van der Waals surface area contributed by atoms with Gasteiger partial charge >= 0.3 is 0 Å². The first-order valence-electron chi connectivity index (χ1n) is 19.7. The quantitative estimate of drug-likeness (QED) is 0.165. The van der Waals surface area contributed by atoms with Crippen LogP contribution in [0.1, 0.15) is 16.7 Å². The molecule has 0 radical (unpaired) electrons. The zero-order valence-corrected chi connectivity index (χ0v) is 31.3. The molecule has 5 nitrogen and oxygen atoms in total. The van der Waals surface area contributed by atoms with Crippen molar-refractivity contribution in [2.45, 2.75) is 0 Å². The number of benzene rings is 9. The lowest BCUT2D eigenvalue weighted by molar-refractivity contribution is 1.18. The zero-order chi connectivity index (χ0) is 39.1. The molecule has 0 bridgehead atoms. The second-order valence-electron chi connectivity index (χ2n) is 15.7. The molecule has 0 saturated heterocycles. The van der Waals surface area contributed by atoms with Gasteiger partial charge in [0.25, 0.3) is 0 Å². The van der Waals surface area contributed by atoms with Crippen molar-refractivity contribution in [3.63, 3.8) is 0 Å². The Morgan fingerprint density at radius 3 is 1.22 bits per heavy atom. The first-order valence-corrected chi connectivity index (χ1v) is 19.7. The van der Waals surface area contributed by atoms with Gasteiger partial charge in [-0.2, -0.15) is 15.8 Å². The fraction of sp³-hybridized carbons (Fsp3) is 0. The minimum atomic E-state index is -0.142. The van der Waals surface area contributed by atoms with Crippen LogP contribution in [-0.2, 0) is 0 Å². The molecule has 59 heavy (non-hydrogen) atoms. The smallest absolute Gasteiger partial charge is 0.244 e. The van der Waals surface area contributed by atoms with E-state index in [1.54, 1.807) is 0 Å². The highest BCUT2D eigenvalue weighted by molar-refractivity contribution is 7.01. The van der Waals surface area contributed by atoms with Gasteiger partial charge in [-0.25, -0.2) is 0 Å². The Bertz CT molecular complexity index is 3620. The summed E-state index contributed by atoms with van der Waals surface area (Å²) in [6, 6.07) is 62.4. The van der Waals surface area contributed by atoms with Crippen LogP contribution in [0.3, 0.4) is 0 Å². The Morgan fingerprint density at radius 1 is 0.356 bits per heavy atom. The SMILES string of the molecule is N#Cc1ccc(-n2c3ccccc3c3c4cccc5c4c(cc32)B2c3c-5cc(C#N)cc3-c3cccc4c3c2cc2c4c3ccccc3n2-c2ccc(C#N)cc2)cc1. The number of aromatic nitrogens is 2. The standard InChI is InChI=1S/C53H26BN5/c55-27-30-15-19-33(20-16-30)58-45-13-3-1-7-37(45)51-39-11-5-9-35-41-23-32(29-57)24-42-36-10-6-12-40-50(36)44(54(53(41)42)43(49(35)39)25-47(51)58)26-48-52(40)38-8-2-4-14-46(38)59(48)34-21-17-31(28-56)18-22-34/h1-26H. The van der Waals surface area contributed by atoms with Gasteiger partial charge in [-0.05, 0) is 129 Å². The van der Waals surface area contributed by atoms with Crippen LogP contribution < -0.4 is 16.4 Å². The first-order chi connectivity index (χ1) is 29.1. The molecule has 2 aromatic heterocycles. The molecule has 2 aliphatic heterocycles. The monoisotopic (exact) mass is 743 g/mol. The summed E-state index contributed by atoms with van der Waals surface area (Å²) in [5, 5.41) is 39.4. The van der Waals surface area contributed by atoms with Gasteiger partial charge in [0.05, 0.1) is 57.0 Å². The highest BCUT2D eigenvalue weighted by Gasteiger charge is 2.40. The molecular weight excluding hydrogens is 717 g/mol. The lowest BCUT2D eigenvalue weighted by Crippen LogP contribution is -2.57. The Hall–Kier alpha value is -8.37. The molecule has 0 saturated carbocycles. The van der Waals surface area contributed by atoms with Crippen molar-refractivity contribution in [3.8, 4) is 51.8 Å². The number of nitrogens with zero attached hydrogens (tertiary/aromatic N) is 5. The maximum atomic E-state index is 10.5. The molecule has 11 aromatic rings. The third-order valence-electron chi connectivity index (χ3n) is 13.0. The Labute approximate surface area is 338 Å². The average Bonchev–Trinajstić information content (AvgIpc) is 3.81. The van der Waals surface area contributed by atoms with Crippen LogP contribution in [-0.4, -0.2) is 15.8 Å². The molecule has 0 fully saturated rings. The van der Waals surface area contributed by atoms with Crippen LogP contribution in [0.5, 0.6) is 0 Å². The van der Waals surface area contributed by atoms with E-state index in [0.29, 0.717) is 16.7 Å². The maximum absolute atomic E-state index is 10.5. The fourth-order valence-electron chi connectivity index (χ4n) is 10.7. The predicted octanol–water partition coefficient (Wildman–Crippen LogP) is 10.3. The third kappa shape index (κ3) is 4.01. The normalized spacial score (nSPS) is 12.3. The molecule has 0 N–H and O–H groups in total. The first kappa shape index (κ1) is 31.8. The molecule has 0 atom stereocenters. The van der Waals surface area contributed by atoms with Crippen molar-refractivity contribution in [1.29, 1.82) is 15.8 Å². The van der Waals surface area contributed by atoms with Crippen LogP contribution in [0.2, 0.25) is 0 Å². The van der Waals surface area contributed by atoms with Crippen molar-refractivity contribution in [1.82, 2.24) is 9.13 Å². The molecule has 0 unspecified atom stereocenters. The Balaban J connectivity index is 1.23. The van der Waals surface area contributed by atoms with Gasteiger partial charge in [0.15, 0.2) is 0 Å². The molecule has 4 heterocycles. The molecule has 0 spiro atoms. The van der Waals surface area contributed by atoms with Gasteiger partial charge in [0.2, 0.25) is 6.71 Å². The van der Waals surface area contributed by atoms with E-state index < -0.39 is 0 Å². The number of hydrogen-bond donors (Lipinski definition) is 0. The molecule has 6 heteroatoms. The number of para-hydroxylation sites is 2. The van der Waals surface area contributed by atoms with Gasteiger partial charge in [0.1, 0.15) is 0 Å². The largest absolute Gasteiger partial charge is 0.309 e. The van der Waals surface area contributed by atoms with E-state index >= 15 is 0 Å². The second kappa shape index (κ2) is 11.4. The summed E-state index contributed by atoms with van der Waals surface area (Å²) < 4.78 is 4.70. The van der Waals surface area contributed by atoms with Crippen LogP contribution in [0.15, 0.2) is 158 Å². The van der Waals surface area contributed by atoms with Gasteiger partial charge in [-0.1, -0.05) is 89.2 Å². The highest BCUT2D eigenvalue weighted by Crippen LogP contribution is 2.46. The van der Waals surface area contributed by atoms with Crippen molar-refractivity contribution in [3.05, 3.63) is 174 Å². The Morgan fingerprint density at radius 2 is 0.780 bits per heavy atom. The van der Waals surface area contributed by atoms with Crippen molar-refractivity contribution >= 4 is 88.3 Å². The second-order valence-corrected chi connectivity index (χ2v) is 15.7. The van der Waals surface area contributed by atoms with Crippen molar-refractivity contribution in [2.75, 3.05) is 0 Å². The van der Waals surface area contributed by atoms with E-state index in [1.165, 1.54) is 48.7 Å². The summed E-state index contributed by atoms with van der Waals surface area (Å²) in [5.74, 6) is 0. The van der Waals surface area contributed by atoms with Crippen LogP contribution in [0, 0.1) is 34.0 Å². The minimum absolute atomic E-state index is 0.142. The molecule has 0 aliphatic carbocycles. The van der Waals surface area contributed by atoms with Crippen LogP contribution in [0.25, 0.3) is 98.8 Å². The maximum Gasteiger partial charge on any atom is 0.244 e. The molecular formula is C53H26BN5. The number of hydrogen-bond acceptors (Lipinski definition) is 3. The number of rotatable bonds is 2. The van der Waals surface area contributed by atoms with E-state index in [4.69, 9.17) is 0 Å². The van der Waals surface area contributed by atoms with Crippen LogP contribution in [0.4, 0.5) is 0 Å². The summed E-state index contributed by atoms with van der Waals surface area (Å²) in [4.78, 5) is 0. The topological polar surface area (TPSA) is 81.2 Å². The summed E-state index contributed by atoms with van der Waals surface area (Å²) in [6.45, 7) is -0.142. The Kier molecular flexibility index (Phi) is 6.13. The summed E-state index contributed by atoms with van der Waals surface area (Å²) in [5.41, 5.74) is 16.5. The summed E-state index contributed by atoms with van der Waals surface area (Å²) in [7, 11) is 0. The zero-order valence-electron chi connectivity index (χ0n) is 31.3. The van der Waals surface area contributed by atoms with E-state index in [0.717, 1.165) is 66.5 Å². The molecule has 266 valence electrons. The molecule has 2 aliphatic rings. The van der Waals surface area contributed by atoms with Crippen molar-refractivity contribution < 1.29 is 0 Å². The minimum Gasteiger partial charge on any atom is -0.309 e. The van der Waals surface area contributed by atoms with Gasteiger partial charge in [0, 0.05) is 32.9 Å². The molecule has 9 aromatic carbocycles. The van der Waals surface area contributed by atoms with E-state index in [9.17, 15) is 15.8 Å².